The van der Waals surface area contributed by atoms with Crippen LogP contribution in [0.2, 0.25) is 0 Å². The Hall–Kier alpha value is -0.160. The van der Waals surface area contributed by atoms with Crippen LogP contribution in [-0.4, -0.2) is 96.1 Å². The molecule has 0 aromatic rings. The number of hydrogen-bond donors (Lipinski definition) is 0. The second-order valence-electron chi connectivity index (χ2n) is 10.3. The van der Waals surface area contributed by atoms with Crippen molar-refractivity contribution in [2.75, 3.05) is 46.3 Å². The van der Waals surface area contributed by atoms with E-state index < -0.39 is 0 Å². The highest BCUT2D eigenvalue weighted by atomic mass is 15.2. The fourth-order valence-corrected chi connectivity index (χ4v) is 4.08. The van der Waals surface area contributed by atoms with Crippen LogP contribution in [-0.2, 0) is 0 Å². The smallest absolute Gasteiger partial charge is 0.00413 e. The lowest BCUT2D eigenvalue weighted by atomic mass is 10.2. The molecule has 0 radical (unpaired) electrons. The Morgan fingerprint density at radius 2 is 0.759 bits per heavy atom. The van der Waals surface area contributed by atoms with E-state index in [1.54, 1.807) is 0 Å². The molecule has 0 aromatic carbocycles. The summed E-state index contributed by atoms with van der Waals surface area (Å²) in [6.45, 7) is 30.5. The molecule has 0 aromatic heterocycles. The Labute approximate surface area is 185 Å². The van der Waals surface area contributed by atoms with Gasteiger partial charge in [0.25, 0.3) is 0 Å². The first-order valence-corrected chi connectivity index (χ1v) is 12.4. The molecule has 0 saturated heterocycles. The first-order chi connectivity index (χ1) is 13.5. The Kier molecular flexibility index (Phi) is 15.5. The summed E-state index contributed by atoms with van der Waals surface area (Å²) < 4.78 is 0. The normalized spacial score (nSPS) is 13.2. The van der Waals surface area contributed by atoms with E-state index in [9.17, 15) is 0 Å². The third kappa shape index (κ3) is 13.0. The van der Waals surface area contributed by atoms with Gasteiger partial charge < -0.3 is 14.7 Å². The van der Waals surface area contributed by atoms with Crippen molar-refractivity contribution in [2.24, 2.45) is 0 Å². The third-order valence-corrected chi connectivity index (χ3v) is 6.38. The predicted molar refractivity (Wildman–Crippen MR) is 132 cm³/mol. The fourth-order valence-electron chi connectivity index (χ4n) is 4.08. The molecule has 29 heavy (non-hydrogen) atoms. The van der Waals surface area contributed by atoms with E-state index in [1.165, 1.54) is 58.5 Å². The lowest BCUT2D eigenvalue weighted by molar-refractivity contribution is 0.143. The Balaban J connectivity index is 4.37. The molecule has 0 aliphatic rings. The molecular formula is C25H56N4. The molecule has 0 N–H and O–H groups in total. The predicted octanol–water partition coefficient (Wildman–Crippen LogP) is 5.04. The van der Waals surface area contributed by atoms with Crippen LogP contribution in [0.4, 0.5) is 0 Å². The van der Waals surface area contributed by atoms with Gasteiger partial charge in [-0.15, -0.1) is 0 Å². The summed E-state index contributed by atoms with van der Waals surface area (Å²) in [6, 6.07) is 3.18. The van der Waals surface area contributed by atoms with E-state index >= 15 is 0 Å². The Morgan fingerprint density at radius 1 is 0.414 bits per heavy atom. The molecule has 0 rings (SSSR count). The molecule has 0 aliphatic heterocycles. The molecule has 0 fully saturated rings. The summed E-state index contributed by atoms with van der Waals surface area (Å²) in [5.41, 5.74) is 0. The first kappa shape index (κ1) is 28.8. The lowest BCUT2D eigenvalue weighted by Crippen LogP contribution is -2.41. The molecule has 0 spiro atoms. The van der Waals surface area contributed by atoms with Crippen LogP contribution >= 0.6 is 0 Å². The third-order valence-electron chi connectivity index (χ3n) is 6.38. The van der Waals surface area contributed by atoms with Crippen LogP contribution < -0.4 is 0 Å². The zero-order valence-corrected chi connectivity index (χ0v) is 22.0. The minimum absolute atomic E-state index is 0.633. The van der Waals surface area contributed by atoms with Gasteiger partial charge in [0.15, 0.2) is 0 Å². The van der Waals surface area contributed by atoms with Gasteiger partial charge in [0, 0.05) is 30.2 Å². The highest BCUT2D eigenvalue weighted by molar-refractivity contribution is 4.71. The van der Waals surface area contributed by atoms with Gasteiger partial charge in [0.05, 0.1) is 0 Å². The molecule has 0 bridgehead atoms. The van der Waals surface area contributed by atoms with Gasteiger partial charge in [0.2, 0.25) is 0 Å². The van der Waals surface area contributed by atoms with Gasteiger partial charge in [-0.25, -0.2) is 0 Å². The summed E-state index contributed by atoms with van der Waals surface area (Å²) in [7, 11) is 2.24. The number of rotatable bonds is 17. The van der Waals surface area contributed by atoms with E-state index in [-0.39, 0.29) is 0 Å². The quantitative estimate of drug-likeness (QED) is 0.332. The van der Waals surface area contributed by atoms with Crippen molar-refractivity contribution in [3.8, 4) is 0 Å². The lowest BCUT2D eigenvalue weighted by Gasteiger charge is -2.33. The maximum Gasteiger partial charge on any atom is 0.00413 e. The second-order valence-corrected chi connectivity index (χ2v) is 10.3. The summed E-state index contributed by atoms with van der Waals surface area (Å²) >= 11 is 0. The van der Waals surface area contributed by atoms with Gasteiger partial charge >= 0.3 is 0 Å². The zero-order valence-electron chi connectivity index (χ0n) is 22.0. The van der Waals surface area contributed by atoms with Crippen molar-refractivity contribution < 1.29 is 0 Å². The van der Waals surface area contributed by atoms with Gasteiger partial charge in [-0.2, -0.15) is 0 Å². The highest BCUT2D eigenvalue weighted by Crippen LogP contribution is 2.09. The summed E-state index contributed by atoms with van der Waals surface area (Å²) in [5, 5.41) is 0. The molecule has 4 nitrogen and oxygen atoms in total. The van der Waals surface area contributed by atoms with Gasteiger partial charge in [-0.1, -0.05) is 0 Å². The molecule has 0 heterocycles. The van der Waals surface area contributed by atoms with Crippen molar-refractivity contribution in [2.45, 2.75) is 119 Å². The maximum absolute atomic E-state index is 2.68. The Morgan fingerprint density at radius 3 is 1.07 bits per heavy atom. The summed E-state index contributed by atoms with van der Waals surface area (Å²) in [6.07, 6.45) is 3.80. The topological polar surface area (TPSA) is 13.0 Å². The van der Waals surface area contributed by atoms with E-state index in [0.29, 0.717) is 30.2 Å². The van der Waals surface area contributed by atoms with Crippen molar-refractivity contribution in [1.82, 2.24) is 19.6 Å². The SMILES string of the molecule is CC(C)N(C)CCCN(CCCN(CCCN(C(C)C)C(C)C)C(C)C)C(C)C. The van der Waals surface area contributed by atoms with Crippen molar-refractivity contribution in [1.29, 1.82) is 0 Å². The number of nitrogens with zero attached hydrogens (tertiary/aromatic N) is 4. The molecule has 4 heteroatoms. The van der Waals surface area contributed by atoms with Crippen molar-refractivity contribution in [3.05, 3.63) is 0 Å². The molecule has 0 atom stereocenters. The maximum atomic E-state index is 2.68. The van der Waals surface area contributed by atoms with Crippen molar-refractivity contribution in [3.63, 3.8) is 0 Å². The highest BCUT2D eigenvalue weighted by Gasteiger charge is 2.16. The molecule has 0 saturated carbocycles. The standard InChI is InChI=1S/C25H56N4/c1-21(2)26(11)15-12-16-27(22(3)4)17-13-18-28(23(5)6)19-14-20-29(24(7)8)25(9)10/h21-25H,12-20H2,1-11H3. The van der Waals surface area contributed by atoms with Crippen LogP contribution in [0.1, 0.15) is 88.5 Å². The van der Waals surface area contributed by atoms with Crippen molar-refractivity contribution >= 4 is 0 Å². The van der Waals surface area contributed by atoms with E-state index in [2.05, 4.69) is 95.9 Å². The zero-order chi connectivity index (χ0) is 22.6. The minimum atomic E-state index is 0.633. The molecular weight excluding hydrogens is 356 g/mol. The van der Waals surface area contributed by atoms with Gasteiger partial charge in [-0.05, 0) is 135 Å². The number of hydrogen-bond acceptors (Lipinski definition) is 4. The average Bonchev–Trinajstić information content (AvgIpc) is 2.60. The van der Waals surface area contributed by atoms with E-state index in [4.69, 9.17) is 0 Å². The van der Waals surface area contributed by atoms with Crippen LogP contribution in [0, 0.1) is 0 Å². The largest absolute Gasteiger partial charge is 0.304 e. The first-order valence-electron chi connectivity index (χ1n) is 12.4. The average molecular weight is 413 g/mol. The second kappa shape index (κ2) is 15.6. The van der Waals surface area contributed by atoms with Gasteiger partial charge in [0.1, 0.15) is 0 Å². The van der Waals surface area contributed by atoms with E-state index in [0.717, 1.165) is 0 Å². The van der Waals surface area contributed by atoms with Crippen LogP contribution in [0.15, 0.2) is 0 Å². The molecule has 0 aliphatic carbocycles. The monoisotopic (exact) mass is 412 g/mol. The van der Waals surface area contributed by atoms with Crippen LogP contribution in [0.3, 0.4) is 0 Å². The van der Waals surface area contributed by atoms with Gasteiger partial charge in [-0.3, -0.25) is 4.90 Å². The molecule has 176 valence electrons. The summed E-state index contributed by atoms with van der Waals surface area (Å²) in [5.74, 6) is 0. The Bertz CT molecular complexity index is 371. The molecule has 0 amide bonds. The minimum Gasteiger partial charge on any atom is -0.304 e. The molecule has 0 unspecified atom stereocenters. The van der Waals surface area contributed by atoms with Crippen LogP contribution in [0.5, 0.6) is 0 Å². The van der Waals surface area contributed by atoms with Crippen LogP contribution in [0.25, 0.3) is 0 Å². The van der Waals surface area contributed by atoms with E-state index in [1.807, 2.05) is 0 Å². The fraction of sp³-hybridized carbons (Fsp3) is 1.00. The summed E-state index contributed by atoms with van der Waals surface area (Å²) in [4.78, 5) is 10.4.